The van der Waals surface area contributed by atoms with Gasteiger partial charge in [0.2, 0.25) is 0 Å². The fourth-order valence-electron chi connectivity index (χ4n) is 3.83. The van der Waals surface area contributed by atoms with Crippen molar-refractivity contribution in [3.8, 4) is 0 Å². The molecule has 148 valence electrons. The van der Waals surface area contributed by atoms with Gasteiger partial charge in [0.15, 0.2) is 0 Å². The van der Waals surface area contributed by atoms with Crippen molar-refractivity contribution in [1.29, 1.82) is 0 Å². The van der Waals surface area contributed by atoms with Crippen molar-refractivity contribution >= 4 is 17.4 Å². The first-order valence-electron chi connectivity index (χ1n) is 9.90. The van der Waals surface area contributed by atoms with Crippen molar-refractivity contribution in [1.82, 2.24) is 4.98 Å². The highest BCUT2D eigenvalue weighted by molar-refractivity contribution is 6.04. The molecule has 1 N–H and O–H groups in total. The van der Waals surface area contributed by atoms with E-state index in [1.165, 1.54) is 19.3 Å². The Bertz CT molecular complexity index is 895. The van der Waals surface area contributed by atoms with Crippen LogP contribution in [0.5, 0.6) is 0 Å². The van der Waals surface area contributed by atoms with E-state index < -0.39 is 11.5 Å². The van der Waals surface area contributed by atoms with Crippen molar-refractivity contribution in [2.24, 2.45) is 0 Å². The molecule has 0 bridgehead atoms. The lowest BCUT2D eigenvalue weighted by Gasteiger charge is -2.27. The number of anilines is 2. The molecule has 4 rings (SSSR count). The predicted molar refractivity (Wildman–Crippen MR) is 106 cm³/mol. The lowest BCUT2D eigenvalue weighted by Crippen LogP contribution is -2.30. The van der Waals surface area contributed by atoms with Gasteiger partial charge in [-0.05, 0) is 62.8 Å². The molecule has 0 saturated carbocycles. The highest BCUT2D eigenvalue weighted by atomic mass is 16.5. The standard InChI is InChI=1S/C21H25N3O4/c1-14-12-17(16-6-5-11-27-16)28-21(26)19(14)20(25)23-15-7-8-18(22-13-15)24-9-3-2-4-10-24/h7-8,12-13,16H,2-6,9-11H2,1H3,(H,23,25). The summed E-state index contributed by atoms with van der Waals surface area (Å²) in [7, 11) is 0. The number of ether oxygens (including phenoxy) is 1. The number of hydrogen-bond acceptors (Lipinski definition) is 6. The number of carbonyl (C=O) groups excluding carboxylic acids is 1. The van der Waals surface area contributed by atoms with E-state index in [0.717, 1.165) is 31.7 Å². The van der Waals surface area contributed by atoms with Gasteiger partial charge in [0.25, 0.3) is 5.91 Å². The number of aryl methyl sites for hydroxylation is 1. The summed E-state index contributed by atoms with van der Waals surface area (Å²) in [4.78, 5) is 31.7. The first kappa shape index (κ1) is 18.7. The minimum atomic E-state index is -0.638. The van der Waals surface area contributed by atoms with Gasteiger partial charge in [0.05, 0.1) is 11.9 Å². The van der Waals surface area contributed by atoms with Gasteiger partial charge < -0.3 is 19.4 Å². The summed E-state index contributed by atoms with van der Waals surface area (Å²) in [5.41, 5.74) is 0.507. The van der Waals surface area contributed by atoms with Crippen LogP contribution in [0.15, 0.2) is 33.6 Å². The lowest BCUT2D eigenvalue weighted by atomic mass is 10.1. The second-order valence-corrected chi connectivity index (χ2v) is 7.40. The molecule has 1 amide bonds. The van der Waals surface area contributed by atoms with Gasteiger partial charge in [-0.1, -0.05) is 0 Å². The third kappa shape index (κ3) is 3.94. The molecule has 2 fully saturated rings. The van der Waals surface area contributed by atoms with Crippen molar-refractivity contribution in [2.75, 3.05) is 29.9 Å². The average molecular weight is 383 g/mol. The molecule has 0 aromatic carbocycles. The van der Waals surface area contributed by atoms with Crippen LogP contribution in [-0.2, 0) is 4.74 Å². The fourth-order valence-corrected chi connectivity index (χ4v) is 3.83. The van der Waals surface area contributed by atoms with Crippen molar-refractivity contribution in [3.05, 3.63) is 51.7 Å². The largest absolute Gasteiger partial charge is 0.424 e. The summed E-state index contributed by atoms with van der Waals surface area (Å²) >= 11 is 0. The van der Waals surface area contributed by atoms with Crippen LogP contribution < -0.4 is 15.8 Å². The SMILES string of the molecule is Cc1cc(C2CCCO2)oc(=O)c1C(=O)Nc1ccc(N2CCCCC2)nc1. The number of nitrogens with one attached hydrogen (secondary N) is 1. The Morgan fingerprint density at radius 1 is 1.21 bits per heavy atom. The average Bonchev–Trinajstić information content (AvgIpc) is 3.23. The van der Waals surface area contributed by atoms with Crippen molar-refractivity contribution in [3.63, 3.8) is 0 Å². The monoisotopic (exact) mass is 383 g/mol. The van der Waals surface area contributed by atoms with Crippen LogP contribution in [0.4, 0.5) is 11.5 Å². The van der Waals surface area contributed by atoms with Crippen LogP contribution in [0.2, 0.25) is 0 Å². The number of rotatable bonds is 4. The molecule has 0 spiro atoms. The number of hydrogen-bond donors (Lipinski definition) is 1. The van der Waals surface area contributed by atoms with Gasteiger partial charge in [-0.2, -0.15) is 0 Å². The predicted octanol–water partition coefficient (Wildman–Crippen LogP) is 3.44. The molecule has 2 aromatic rings. The maximum Gasteiger partial charge on any atom is 0.349 e. The molecule has 28 heavy (non-hydrogen) atoms. The quantitative estimate of drug-likeness (QED) is 0.871. The van der Waals surface area contributed by atoms with Gasteiger partial charge >= 0.3 is 5.63 Å². The first-order chi connectivity index (χ1) is 13.6. The number of nitrogens with zero attached hydrogens (tertiary/aromatic N) is 2. The van der Waals surface area contributed by atoms with Gasteiger partial charge in [-0.15, -0.1) is 0 Å². The summed E-state index contributed by atoms with van der Waals surface area (Å²) in [5, 5.41) is 2.75. The van der Waals surface area contributed by atoms with E-state index in [1.54, 1.807) is 19.2 Å². The van der Waals surface area contributed by atoms with E-state index in [-0.39, 0.29) is 11.7 Å². The molecule has 0 aliphatic carbocycles. The van der Waals surface area contributed by atoms with Crippen molar-refractivity contribution in [2.45, 2.75) is 45.1 Å². The van der Waals surface area contributed by atoms with Crippen LogP contribution >= 0.6 is 0 Å². The Kier molecular flexibility index (Phi) is 5.43. The topological polar surface area (TPSA) is 84.7 Å². The highest BCUT2D eigenvalue weighted by Crippen LogP contribution is 2.28. The van der Waals surface area contributed by atoms with E-state index in [4.69, 9.17) is 9.15 Å². The summed E-state index contributed by atoms with van der Waals surface area (Å²) in [6, 6.07) is 5.44. The number of pyridine rings is 1. The second kappa shape index (κ2) is 8.14. The molecule has 4 heterocycles. The molecular formula is C21H25N3O4. The molecule has 1 unspecified atom stereocenters. The van der Waals surface area contributed by atoms with Crippen LogP contribution in [0, 0.1) is 6.92 Å². The zero-order chi connectivity index (χ0) is 19.5. The fraction of sp³-hybridized carbons (Fsp3) is 0.476. The summed E-state index contributed by atoms with van der Waals surface area (Å²) in [5.74, 6) is 0.913. The van der Waals surface area contributed by atoms with Crippen LogP contribution in [0.25, 0.3) is 0 Å². The van der Waals surface area contributed by atoms with E-state index in [2.05, 4.69) is 15.2 Å². The van der Waals surface area contributed by atoms with Crippen LogP contribution in [-0.4, -0.2) is 30.6 Å². The lowest BCUT2D eigenvalue weighted by molar-refractivity contribution is 0.0895. The number of carbonyl (C=O) groups is 1. The summed E-state index contributed by atoms with van der Waals surface area (Å²) < 4.78 is 10.9. The highest BCUT2D eigenvalue weighted by Gasteiger charge is 2.24. The zero-order valence-corrected chi connectivity index (χ0v) is 16.1. The van der Waals surface area contributed by atoms with E-state index in [0.29, 0.717) is 23.6 Å². The number of piperidine rings is 1. The van der Waals surface area contributed by atoms with Gasteiger partial charge in [-0.3, -0.25) is 4.79 Å². The molecule has 2 aromatic heterocycles. The Morgan fingerprint density at radius 2 is 2.04 bits per heavy atom. The normalized spacial score (nSPS) is 19.6. The summed E-state index contributed by atoms with van der Waals surface area (Å²) in [6.45, 7) is 4.42. The molecule has 0 radical (unpaired) electrons. The van der Waals surface area contributed by atoms with Crippen LogP contribution in [0.3, 0.4) is 0 Å². The molecule has 7 nitrogen and oxygen atoms in total. The smallest absolute Gasteiger partial charge is 0.349 e. The maximum atomic E-state index is 12.6. The molecule has 2 aliphatic heterocycles. The summed E-state index contributed by atoms with van der Waals surface area (Å²) in [6.07, 6.45) is 6.81. The molecular weight excluding hydrogens is 358 g/mol. The van der Waals surface area contributed by atoms with E-state index >= 15 is 0 Å². The molecule has 2 aliphatic rings. The minimum absolute atomic E-state index is 0.0156. The Balaban J connectivity index is 1.48. The second-order valence-electron chi connectivity index (χ2n) is 7.40. The van der Waals surface area contributed by atoms with Gasteiger partial charge in [-0.25, -0.2) is 9.78 Å². The van der Waals surface area contributed by atoms with Gasteiger partial charge in [0, 0.05) is 19.7 Å². The Morgan fingerprint density at radius 3 is 2.68 bits per heavy atom. The Hall–Kier alpha value is -2.67. The minimum Gasteiger partial charge on any atom is -0.424 e. The molecule has 2 saturated heterocycles. The van der Waals surface area contributed by atoms with Crippen molar-refractivity contribution < 1.29 is 13.9 Å². The number of amides is 1. The van der Waals surface area contributed by atoms with Gasteiger partial charge in [0.1, 0.15) is 23.2 Å². The third-order valence-corrected chi connectivity index (χ3v) is 5.33. The first-order valence-corrected chi connectivity index (χ1v) is 9.90. The third-order valence-electron chi connectivity index (χ3n) is 5.33. The number of aromatic nitrogens is 1. The Labute approximate surface area is 163 Å². The molecule has 1 atom stereocenters. The van der Waals surface area contributed by atoms with Crippen LogP contribution in [0.1, 0.15) is 59.9 Å². The maximum absolute atomic E-state index is 12.6. The van der Waals surface area contributed by atoms with E-state index in [9.17, 15) is 9.59 Å². The van der Waals surface area contributed by atoms with E-state index in [1.807, 2.05) is 12.1 Å². The molecule has 7 heteroatoms. The zero-order valence-electron chi connectivity index (χ0n) is 16.1.